The fourth-order valence-corrected chi connectivity index (χ4v) is 5.24. The molecule has 0 aromatic heterocycles. The molecule has 0 unspecified atom stereocenters. The van der Waals surface area contributed by atoms with E-state index < -0.39 is 0 Å². The van der Waals surface area contributed by atoms with Crippen LogP contribution in [0.25, 0.3) is 0 Å². The van der Waals surface area contributed by atoms with Crippen molar-refractivity contribution in [3.63, 3.8) is 0 Å². The second-order valence-electron chi connectivity index (χ2n) is 7.17. The predicted molar refractivity (Wildman–Crippen MR) is 81.7 cm³/mol. The van der Waals surface area contributed by atoms with Crippen molar-refractivity contribution in [3.8, 4) is 0 Å². The Labute approximate surface area is 120 Å². The van der Waals surface area contributed by atoms with Crippen LogP contribution in [-0.2, 0) is 10.8 Å². The van der Waals surface area contributed by atoms with Crippen LogP contribution in [0, 0.1) is 11.8 Å². The van der Waals surface area contributed by atoms with Gasteiger partial charge < -0.3 is 0 Å². The lowest BCUT2D eigenvalue weighted by Crippen LogP contribution is -2.23. The molecule has 100 valence electrons. The lowest BCUT2D eigenvalue weighted by molar-refractivity contribution is 0.372. The maximum absolute atomic E-state index is 2.36. The molecule has 0 N–H and O–H groups in total. The molecule has 2 aromatic carbocycles. The minimum Gasteiger partial charge on any atom is -0.0622 e. The molecular weight excluding hydrogens is 240 g/mol. The van der Waals surface area contributed by atoms with E-state index in [0.717, 1.165) is 11.8 Å². The lowest BCUT2D eigenvalue weighted by Gasteiger charge is -2.29. The summed E-state index contributed by atoms with van der Waals surface area (Å²) in [4.78, 5) is 0. The Kier molecular flexibility index (Phi) is 1.98. The van der Waals surface area contributed by atoms with Crippen LogP contribution >= 0.6 is 0 Å². The highest BCUT2D eigenvalue weighted by Gasteiger charge is 2.73. The van der Waals surface area contributed by atoms with Gasteiger partial charge in [0.2, 0.25) is 0 Å². The Morgan fingerprint density at radius 2 is 1.00 bits per heavy atom. The number of hydrogen-bond acceptors (Lipinski definition) is 0. The van der Waals surface area contributed by atoms with Gasteiger partial charge in [-0.1, -0.05) is 60.7 Å². The van der Waals surface area contributed by atoms with Crippen LogP contribution in [0.5, 0.6) is 0 Å². The summed E-state index contributed by atoms with van der Waals surface area (Å²) in [5.41, 5.74) is 4.33. The maximum atomic E-state index is 2.36. The first kappa shape index (κ1) is 11.1. The molecular formula is C20H20. The average Bonchev–Trinajstić information content (AvgIpc) is 3.40. The smallest absolute Gasteiger partial charge is 0.00121 e. The summed E-state index contributed by atoms with van der Waals surface area (Å²) < 4.78 is 0. The first-order chi connectivity index (χ1) is 9.85. The molecule has 3 fully saturated rings. The van der Waals surface area contributed by atoms with Gasteiger partial charge in [-0.3, -0.25) is 0 Å². The summed E-state index contributed by atoms with van der Waals surface area (Å²) in [6.45, 7) is 0. The molecule has 3 aliphatic carbocycles. The number of benzene rings is 2. The van der Waals surface area contributed by atoms with Gasteiger partial charge >= 0.3 is 0 Å². The van der Waals surface area contributed by atoms with Crippen molar-refractivity contribution >= 4 is 0 Å². The van der Waals surface area contributed by atoms with Crippen LogP contribution < -0.4 is 0 Å². The van der Waals surface area contributed by atoms with Crippen LogP contribution in [0.3, 0.4) is 0 Å². The SMILES string of the molecule is c1ccc([C@@]23CC[C@@]4(c5ccccc5)C[C@H]4[C@@H]2C3)cc1. The zero-order valence-corrected chi connectivity index (χ0v) is 11.8. The van der Waals surface area contributed by atoms with Gasteiger partial charge in [-0.15, -0.1) is 0 Å². The van der Waals surface area contributed by atoms with Crippen molar-refractivity contribution in [1.29, 1.82) is 0 Å². The number of hydrogen-bond donors (Lipinski definition) is 0. The van der Waals surface area contributed by atoms with Gasteiger partial charge in [-0.2, -0.15) is 0 Å². The minimum absolute atomic E-state index is 0.556. The normalized spacial score (nSPS) is 40.6. The first-order valence-electron chi connectivity index (χ1n) is 7.96. The molecule has 0 heterocycles. The molecule has 5 rings (SSSR count). The van der Waals surface area contributed by atoms with E-state index >= 15 is 0 Å². The molecule has 0 amide bonds. The standard InChI is InChI=1S/C20H20/c1-3-7-15(8-4-1)19-11-12-20(14-18(20)17(19)13-19)16-9-5-2-6-10-16/h1-10,17-18H,11-14H2/t17-,18-,19-,20-/m0/s1. The van der Waals surface area contributed by atoms with Gasteiger partial charge in [-0.25, -0.2) is 0 Å². The van der Waals surface area contributed by atoms with Gasteiger partial charge in [-0.05, 0) is 59.5 Å². The van der Waals surface area contributed by atoms with E-state index in [1.807, 2.05) is 0 Å². The van der Waals surface area contributed by atoms with Crippen molar-refractivity contribution in [2.75, 3.05) is 0 Å². The van der Waals surface area contributed by atoms with E-state index in [1.54, 1.807) is 11.1 Å². The van der Waals surface area contributed by atoms with Crippen molar-refractivity contribution in [3.05, 3.63) is 71.8 Å². The maximum Gasteiger partial charge on any atom is -0.00121 e. The largest absolute Gasteiger partial charge is 0.0622 e. The minimum atomic E-state index is 0.556. The summed E-state index contributed by atoms with van der Waals surface area (Å²) in [5, 5.41) is 0. The molecule has 4 atom stereocenters. The fraction of sp³-hybridized carbons (Fsp3) is 0.400. The molecule has 0 nitrogen and oxygen atoms in total. The summed E-state index contributed by atoms with van der Waals surface area (Å²) in [7, 11) is 0. The molecule has 0 heteroatoms. The van der Waals surface area contributed by atoms with E-state index in [0.29, 0.717) is 10.8 Å². The summed E-state index contributed by atoms with van der Waals surface area (Å²) in [5.74, 6) is 1.91. The molecule has 0 bridgehead atoms. The molecule has 0 saturated heterocycles. The monoisotopic (exact) mass is 260 g/mol. The van der Waals surface area contributed by atoms with Crippen molar-refractivity contribution < 1.29 is 0 Å². The van der Waals surface area contributed by atoms with Gasteiger partial charge in [0, 0.05) is 0 Å². The van der Waals surface area contributed by atoms with Crippen LogP contribution in [-0.4, -0.2) is 0 Å². The Morgan fingerprint density at radius 1 is 0.600 bits per heavy atom. The third-order valence-electron chi connectivity index (χ3n) is 6.47. The van der Waals surface area contributed by atoms with Crippen LogP contribution in [0.15, 0.2) is 60.7 Å². The van der Waals surface area contributed by atoms with E-state index in [2.05, 4.69) is 60.7 Å². The van der Waals surface area contributed by atoms with E-state index in [9.17, 15) is 0 Å². The molecule has 0 spiro atoms. The summed E-state index contributed by atoms with van der Waals surface area (Å²) in [6, 6.07) is 22.6. The zero-order valence-electron chi connectivity index (χ0n) is 11.8. The molecule has 3 aliphatic rings. The summed E-state index contributed by atoms with van der Waals surface area (Å²) >= 11 is 0. The van der Waals surface area contributed by atoms with Crippen molar-refractivity contribution in [1.82, 2.24) is 0 Å². The molecule has 3 saturated carbocycles. The third kappa shape index (κ3) is 1.28. The fourth-order valence-electron chi connectivity index (χ4n) is 5.24. The summed E-state index contributed by atoms with van der Waals surface area (Å²) in [6.07, 6.45) is 5.67. The second-order valence-corrected chi connectivity index (χ2v) is 7.17. The Bertz CT molecular complexity index is 585. The quantitative estimate of drug-likeness (QED) is 0.734. The lowest BCUT2D eigenvalue weighted by atomic mass is 9.75. The Hall–Kier alpha value is -1.56. The molecule has 20 heavy (non-hydrogen) atoms. The first-order valence-corrected chi connectivity index (χ1v) is 7.96. The molecule has 0 radical (unpaired) electrons. The van der Waals surface area contributed by atoms with Gasteiger partial charge in [0.15, 0.2) is 0 Å². The average molecular weight is 260 g/mol. The highest BCUT2D eigenvalue weighted by Crippen LogP contribution is 2.77. The van der Waals surface area contributed by atoms with Crippen molar-refractivity contribution in [2.24, 2.45) is 11.8 Å². The topological polar surface area (TPSA) is 0 Å². The Morgan fingerprint density at radius 3 is 1.40 bits per heavy atom. The van der Waals surface area contributed by atoms with E-state index in [1.165, 1.54) is 25.7 Å². The molecule has 0 aliphatic heterocycles. The zero-order chi connectivity index (χ0) is 13.2. The van der Waals surface area contributed by atoms with Gasteiger partial charge in [0.25, 0.3) is 0 Å². The number of rotatable bonds is 2. The van der Waals surface area contributed by atoms with E-state index in [4.69, 9.17) is 0 Å². The second kappa shape index (κ2) is 3.55. The molecule has 2 aromatic rings. The van der Waals surface area contributed by atoms with Gasteiger partial charge in [0.05, 0.1) is 0 Å². The van der Waals surface area contributed by atoms with Crippen molar-refractivity contribution in [2.45, 2.75) is 36.5 Å². The highest BCUT2D eigenvalue weighted by atomic mass is 14.8. The van der Waals surface area contributed by atoms with Crippen LogP contribution in [0.1, 0.15) is 36.8 Å². The Balaban J connectivity index is 1.48. The predicted octanol–water partition coefficient (Wildman–Crippen LogP) is 4.70. The third-order valence-corrected chi connectivity index (χ3v) is 6.47. The van der Waals surface area contributed by atoms with Crippen LogP contribution in [0.2, 0.25) is 0 Å². The van der Waals surface area contributed by atoms with Crippen LogP contribution in [0.4, 0.5) is 0 Å². The highest BCUT2D eigenvalue weighted by molar-refractivity contribution is 5.44. The number of fused-ring (bicyclic) bond motifs is 3. The van der Waals surface area contributed by atoms with Gasteiger partial charge in [0.1, 0.15) is 0 Å². The van der Waals surface area contributed by atoms with E-state index in [-0.39, 0.29) is 0 Å².